The van der Waals surface area contributed by atoms with Crippen molar-refractivity contribution < 1.29 is 0 Å². The van der Waals surface area contributed by atoms with Gasteiger partial charge in [0.1, 0.15) is 6.33 Å². The molecule has 0 aliphatic carbocycles. The van der Waals surface area contributed by atoms with Gasteiger partial charge in [0.25, 0.3) is 11.3 Å². The fraction of sp³-hybridized carbons (Fsp3) is 0.154. The van der Waals surface area contributed by atoms with Gasteiger partial charge in [0.05, 0.1) is 0 Å². The third kappa shape index (κ3) is 2.26. The van der Waals surface area contributed by atoms with Crippen LogP contribution < -0.4 is 5.56 Å². The summed E-state index contributed by atoms with van der Waals surface area (Å²) in [7, 11) is 0. The molecule has 1 aromatic carbocycles. The third-order valence-electron chi connectivity index (χ3n) is 2.93. The zero-order valence-corrected chi connectivity index (χ0v) is 11.1. The van der Waals surface area contributed by atoms with E-state index in [4.69, 9.17) is 0 Å². The molecule has 0 fully saturated rings. The number of benzene rings is 1. The number of H-pyrrole nitrogens is 1. The van der Waals surface area contributed by atoms with Crippen LogP contribution in [0.1, 0.15) is 11.1 Å². The zero-order valence-electron chi connectivity index (χ0n) is 10.3. The van der Waals surface area contributed by atoms with Gasteiger partial charge in [0, 0.05) is 23.1 Å². The molecule has 96 valence electrons. The Morgan fingerprint density at radius 3 is 2.79 bits per heavy atom. The zero-order chi connectivity index (χ0) is 13.2. The van der Waals surface area contributed by atoms with E-state index < -0.39 is 0 Å². The molecule has 3 rings (SSSR count). The summed E-state index contributed by atoms with van der Waals surface area (Å²) < 4.78 is 1.35. The average Bonchev–Trinajstić information content (AvgIpc) is 2.92. The van der Waals surface area contributed by atoms with Crippen molar-refractivity contribution in [3.63, 3.8) is 0 Å². The molecular formula is C13H12N4OS. The Hall–Kier alpha value is -2.08. The quantitative estimate of drug-likeness (QED) is 0.738. The van der Waals surface area contributed by atoms with Crippen molar-refractivity contribution >= 4 is 17.5 Å². The van der Waals surface area contributed by atoms with Crippen LogP contribution in [0.5, 0.6) is 0 Å². The molecule has 0 atom stereocenters. The van der Waals surface area contributed by atoms with E-state index in [-0.39, 0.29) is 5.56 Å². The van der Waals surface area contributed by atoms with Gasteiger partial charge in [-0.25, -0.2) is 9.97 Å². The topological polar surface area (TPSA) is 63.1 Å². The molecule has 0 bridgehead atoms. The van der Waals surface area contributed by atoms with Crippen molar-refractivity contribution in [2.45, 2.75) is 11.3 Å². The molecule has 1 N–H and O–H groups in total. The first-order valence-corrected chi connectivity index (χ1v) is 7.03. The van der Waals surface area contributed by atoms with Crippen LogP contribution in [0.4, 0.5) is 0 Å². The Bertz CT molecular complexity index is 760. The van der Waals surface area contributed by atoms with E-state index in [2.05, 4.69) is 27.2 Å². The predicted octanol–water partition coefficient (Wildman–Crippen LogP) is 1.73. The van der Waals surface area contributed by atoms with Gasteiger partial charge in [-0.2, -0.15) is 4.52 Å². The molecule has 0 radical (unpaired) electrons. The van der Waals surface area contributed by atoms with Crippen LogP contribution in [0.3, 0.4) is 0 Å². The summed E-state index contributed by atoms with van der Waals surface area (Å²) in [6.45, 7) is 0. The maximum absolute atomic E-state index is 12.2. The van der Waals surface area contributed by atoms with Crippen LogP contribution in [0.25, 0.3) is 5.78 Å². The molecular weight excluding hydrogens is 260 g/mol. The molecule has 0 spiro atoms. The predicted molar refractivity (Wildman–Crippen MR) is 74.6 cm³/mol. The summed E-state index contributed by atoms with van der Waals surface area (Å²) in [5.41, 5.74) is 1.64. The van der Waals surface area contributed by atoms with E-state index in [1.54, 1.807) is 18.0 Å². The van der Waals surface area contributed by atoms with E-state index in [0.717, 1.165) is 5.56 Å². The standard InChI is InChI=1S/C13H12N4OS/c1-19-11-4-2-9(3-5-11)6-10-7-14-13-15-8-16-17(13)12(10)18/h2-5,7-8H,6H2,1H3,(H,14,15,16). The fourth-order valence-corrected chi connectivity index (χ4v) is 2.33. The van der Waals surface area contributed by atoms with E-state index in [9.17, 15) is 4.79 Å². The summed E-state index contributed by atoms with van der Waals surface area (Å²) in [6.07, 6.45) is 5.67. The molecule has 0 aliphatic rings. The number of nitrogens with zero attached hydrogens (tertiary/aromatic N) is 3. The van der Waals surface area contributed by atoms with Crippen molar-refractivity contribution in [2.24, 2.45) is 0 Å². The molecule has 6 heteroatoms. The van der Waals surface area contributed by atoms with Gasteiger partial charge in [-0.05, 0) is 24.0 Å². The molecule has 2 heterocycles. The lowest BCUT2D eigenvalue weighted by atomic mass is 10.1. The molecule has 3 aromatic rings. The molecule has 0 amide bonds. The molecule has 0 saturated heterocycles. The summed E-state index contributed by atoms with van der Waals surface area (Å²) in [5.74, 6) is 0.395. The maximum atomic E-state index is 12.2. The van der Waals surface area contributed by atoms with Crippen molar-refractivity contribution in [3.8, 4) is 0 Å². The number of hydrogen-bond acceptors (Lipinski definition) is 4. The monoisotopic (exact) mass is 272 g/mol. The molecule has 19 heavy (non-hydrogen) atoms. The lowest BCUT2D eigenvalue weighted by Gasteiger charge is -2.02. The fourth-order valence-electron chi connectivity index (χ4n) is 1.92. The summed E-state index contributed by atoms with van der Waals surface area (Å²) in [5, 5.41) is 2.76. The number of thioether (sulfide) groups is 1. The summed E-state index contributed by atoms with van der Waals surface area (Å²) in [6, 6.07) is 8.18. The summed E-state index contributed by atoms with van der Waals surface area (Å²) in [4.78, 5) is 21.5. The van der Waals surface area contributed by atoms with E-state index in [1.165, 1.54) is 15.7 Å². The first kappa shape index (κ1) is 12.0. The number of aromatic amines is 1. The largest absolute Gasteiger partial charge is 0.278 e. The van der Waals surface area contributed by atoms with Crippen LogP contribution in [-0.2, 0) is 6.42 Å². The van der Waals surface area contributed by atoms with Crippen LogP contribution in [0, 0.1) is 0 Å². The van der Waals surface area contributed by atoms with Crippen molar-refractivity contribution in [2.75, 3.05) is 6.26 Å². The second-order valence-corrected chi connectivity index (χ2v) is 5.02. The minimum absolute atomic E-state index is 0.101. The van der Waals surface area contributed by atoms with Crippen molar-refractivity contribution in [3.05, 3.63) is 58.3 Å². The number of aromatic nitrogens is 4. The number of nitrogens with one attached hydrogen (secondary N) is 1. The minimum atomic E-state index is -0.101. The first-order valence-electron chi connectivity index (χ1n) is 5.81. The second-order valence-electron chi connectivity index (χ2n) is 4.14. The Morgan fingerprint density at radius 1 is 1.26 bits per heavy atom. The van der Waals surface area contributed by atoms with Gasteiger partial charge in [-0.1, -0.05) is 12.1 Å². The molecule has 0 unspecified atom stereocenters. The number of fused-ring (bicyclic) bond motifs is 1. The highest BCUT2D eigenvalue weighted by Gasteiger charge is 2.07. The van der Waals surface area contributed by atoms with Crippen LogP contribution in [-0.4, -0.2) is 25.8 Å². The Labute approximate surface area is 113 Å². The van der Waals surface area contributed by atoms with E-state index >= 15 is 0 Å². The minimum Gasteiger partial charge on any atom is -0.278 e. The Balaban J connectivity index is 1.95. The smallest absolute Gasteiger partial charge is 0.277 e. The highest BCUT2D eigenvalue weighted by molar-refractivity contribution is 7.98. The van der Waals surface area contributed by atoms with Gasteiger partial charge in [-0.3, -0.25) is 9.89 Å². The molecule has 0 aliphatic heterocycles. The Morgan fingerprint density at radius 2 is 2.05 bits per heavy atom. The Kier molecular flexibility index (Phi) is 3.08. The normalized spacial score (nSPS) is 11.0. The van der Waals surface area contributed by atoms with Gasteiger partial charge in [-0.15, -0.1) is 11.8 Å². The van der Waals surface area contributed by atoms with Gasteiger partial charge >= 0.3 is 0 Å². The van der Waals surface area contributed by atoms with E-state index in [0.29, 0.717) is 17.8 Å². The summed E-state index contributed by atoms with van der Waals surface area (Å²) >= 11 is 1.70. The SMILES string of the molecule is CSc1ccc(Cc2cnc3nc[nH]n3c2=O)cc1. The average molecular weight is 272 g/mol. The number of hydrogen-bond donors (Lipinski definition) is 1. The van der Waals surface area contributed by atoms with Crippen molar-refractivity contribution in [1.82, 2.24) is 19.6 Å². The lowest BCUT2D eigenvalue weighted by molar-refractivity contribution is 0.872. The maximum Gasteiger partial charge on any atom is 0.277 e. The van der Waals surface area contributed by atoms with Gasteiger partial charge in [0.15, 0.2) is 0 Å². The number of rotatable bonds is 3. The highest BCUT2D eigenvalue weighted by atomic mass is 32.2. The van der Waals surface area contributed by atoms with Crippen LogP contribution in [0.2, 0.25) is 0 Å². The molecule has 2 aromatic heterocycles. The van der Waals surface area contributed by atoms with E-state index in [1.807, 2.05) is 18.4 Å². The molecule has 0 saturated carbocycles. The third-order valence-corrected chi connectivity index (χ3v) is 3.68. The van der Waals surface area contributed by atoms with Gasteiger partial charge in [0.2, 0.25) is 0 Å². The first-order chi connectivity index (χ1) is 9.28. The highest BCUT2D eigenvalue weighted by Crippen LogP contribution is 2.16. The van der Waals surface area contributed by atoms with Crippen molar-refractivity contribution in [1.29, 1.82) is 0 Å². The lowest BCUT2D eigenvalue weighted by Crippen LogP contribution is -2.19. The van der Waals surface area contributed by atoms with Gasteiger partial charge < -0.3 is 0 Å². The van der Waals surface area contributed by atoms with Crippen LogP contribution >= 0.6 is 11.8 Å². The van der Waals surface area contributed by atoms with Crippen LogP contribution in [0.15, 0.2) is 46.5 Å². The molecule has 5 nitrogen and oxygen atoms in total. The second kappa shape index (κ2) is 4.89.